The summed E-state index contributed by atoms with van der Waals surface area (Å²) in [5.41, 5.74) is 6.00. The molecule has 0 amide bonds. The van der Waals surface area contributed by atoms with E-state index in [1.807, 2.05) is 0 Å². The van der Waals surface area contributed by atoms with Crippen LogP contribution in [0.25, 0.3) is 0 Å². The van der Waals surface area contributed by atoms with Crippen molar-refractivity contribution < 1.29 is 0 Å². The first-order valence-corrected chi connectivity index (χ1v) is 9.96. The van der Waals surface area contributed by atoms with Crippen LogP contribution in [0.5, 0.6) is 0 Å². The molecule has 1 aliphatic heterocycles. The Morgan fingerprint density at radius 3 is 2.18 bits per heavy atom. The van der Waals surface area contributed by atoms with Crippen molar-refractivity contribution in [3.05, 3.63) is 10.2 Å². The summed E-state index contributed by atoms with van der Waals surface area (Å²) >= 11 is 12.4. The van der Waals surface area contributed by atoms with Gasteiger partial charge in [0.15, 0.2) is 11.0 Å². The first-order chi connectivity index (χ1) is 12.1. The molecular weight excluding hydrogens is 465 g/mol. The van der Waals surface area contributed by atoms with Crippen LogP contribution in [-0.4, -0.2) is 60.7 Å². The molecule has 0 bridgehead atoms. The highest BCUT2D eigenvalue weighted by Gasteiger charge is 2.24. The number of anilines is 2. The lowest BCUT2D eigenvalue weighted by Crippen LogP contribution is -2.47. The minimum atomic E-state index is 0. The molecule has 0 spiro atoms. The third kappa shape index (κ3) is 7.38. The normalized spacial score (nSPS) is 22.5. The van der Waals surface area contributed by atoms with Gasteiger partial charge in [0, 0.05) is 39.3 Å². The molecule has 3 rings (SSSR count). The zero-order valence-electron chi connectivity index (χ0n) is 16.1. The molecule has 0 radical (unpaired) electrons. The van der Waals surface area contributed by atoms with Crippen molar-refractivity contribution in [2.24, 2.45) is 11.7 Å². The Labute approximate surface area is 196 Å². The van der Waals surface area contributed by atoms with Gasteiger partial charge in [-0.05, 0) is 44.6 Å². The van der Waals surface area contributed by atoms with Gasteiger partial charge in [-0.3, -0.25) is 4.90 Å². The Bertz CT molecular complexity index is 577. The second-order valence-electron chi connectivity index (χ2n) is 7.12. The molecule has 2 fully saturated rings. The van der Waals surface area contributed by atoms with Gasteiger partial charge in [0.25, 0.3) is 0 Å². The smallest absolute Gasteiger partial charge is 0.225 e. The van der Waals surface area contributed by atoms with Crippen molar-refractivity contribution in [3.8, 4) is 0 Å². The summed E-state index contributed by atoms with van der Waals surface area (Å²) in [6.45, 7) is 5.05. The highest BCUT2D eigenvalue weighted by Crippen LogP contribution is 2.31. The van der Waals surface area contributed by atoms with E-state index in [-0.39, 0.29) is 37.2 Å². The summed E-state index contributed by atoms with van der Waals surface area (Å²) in [6.07, 6.45) is 6.26. The van der Waals surface area contributed by atoms with Crippen molar-refractivity contribution in [2.45, 2.75) is 38.1 Å². The van der Waals surface area contributed by atoms with Gasteiger partial charge in [0.1, 0.15) is 5.02 Å². The number of hydrogen-bond acceptors (Lipinski definition) is 6. The lowest BCUT2D eigenvalue weighted by atomic mass is 9.84. The summed E-state index contributed by atoms with van der Waals surface area (Å²) in [7, 11) is 1.78. The van der Waals surface area contributed by atoms with E-state index in [1.54, 1.807) is 7.05 Å². The van der Waals surface area contributed by atoms with Gasteiger partial charge < -0.3 is 16.0 Å². The Kier molecular flexibility index (Phi) is 13.4. The minimum Gasteiger partial charge on any atom is -0.357 e. The maximum atomic E-state index is 6.32. The molecule has 1 aromatic heterocycles. The molecule has 0 unspecified atom stereocenters. The fourth-order valence-electron chi connectivity index (χ4n) is 3.76. The number of rotatable bonds is 5. The summed E-state index contributed by atoms with van der Waals surface area (Å²) in [6, 6.07) is 0.437. The Morgan fingerprint density at radius 1 is 1.00 bits per heavy atom. The number of nitrogens with one attached hydrogen (secondary N) is 1. The van der Waals surface area contributed by atoms with Crippen LogP contribution >= 0.6 is 60.4 Å². The van der Waals surface area contributed by atoms with E-state index < -0.39 is 0 Å². The molecule has 1 saturated carbocycles. The second-order valence-corrected chi connectivity index (χ2v) is 7.86. The van der Waals surface area contributed by atoms with Crippen LogP contribution < -0.4 is 16.0 Å². The molecule has 6 nitrogen and oxygen atoms in total. The number of halogens is 5. The zero-order chi connectivity index (χ0) is 17.8. The van der Waals surface area contributed by atoms with Gasteiger partial charge >= 0.3 is 0 Å². The van der Waals surface area contributed by atoms with Crippen molar-refractivity contribution in [1.29, 1.82) is 0 Å². The van der Waals surface area contributed by atoms with Crippen molar-refractivity contribution >= 4 is 72.2 Å². The fourth-order valence-corrected chi connectivity index (χ4v) is 4.12. The molecule has 1 aliphatic carbocycles. The van der Waals surface area contributed by atoms with Crippen LogP contribution in [0.4, 0.5) is 11.8 Å². The van der Waals surface area contributed by atoms with E-state index >= 15 is 0 Å². The van der Waals surface area contributed by atoms with Crippen LogP contribution in [0.1, 0.15) is 32.1 Å². The number of nitrogens with two attached hydrogens (primary N) is 1. The summed E-state index contributed by atoms with van der Waals surface area (Å²) in [4.78, 5) is 13.3. The predicted molar refractivity (Wildman–Crippen MR) is 127 cm³/mol. The molecule has 164 valence electrons. The third-order valence-electron chi connectivity index (χ3n) is 5.43. The predicted octanol–water partition coefficient (Wildman–Crippen LogP) is 4.12. The van der Waals surface area contributed by atoms with E-state index in [1.165, 1.54) is 38.6 Å². The molecule has 3 N–H and O–H groups in total. The summed E-state index contributed by atoms with van der Waals surface area (Å²) < 4.78 is 0. The van der Waals surface area contributed by atoms with E-state index in [4.69, 9.17) is 28.9 Å². The van der Waals surface area contributed by atoms with Crippen molar-refractivity contribution in [1.82, 2.24) is 14.9 Å². The van der Waals surface area contributed by atoms with Crippen LogP contribution in [0.3, 0.4) is 0 Å². The average molecular weight is 497 g/mol. The maximum Gasteiger partial charge on any atom is 0.225 e. The quantitative estimate of drug-likeness (QED) is 0.598. The second kappa shape index (κ2) is 13.4. The van der Waals surface area contributed by atoms with Gasteiger partial charge in [0.05, 0.1) is 0 Å². The molecular formula is C17H31Cl5N6. The maximum absolute atomic E-state index is 6.32. The van der Waals surface area contributed by atoms with Gasteiger partial charge in [-0.1, -0.05) is 23.2 Å². The monoisotopic (exact) mass is 494 g/mol. The molecule has 1 saturated heterocycles. The molecule has 11 heteroatoms. The third-order valence-corrected chi connectivity index (χ3v) is 6.15. The first-order valence-electron chi connectivity index (χ1n) is 9.20. The summed E-state index contributed by atoms with van der Waals surface area (Å²) in [5, 5.41) is 3.67. The molecule has 0 atom stereocenters. The van der Waals surface area contributed by atoms with Crippen molar-refractivity contribution in [3.63, 3.8) is 0 Å². The molecule has 0 aromatic carbocycles. The Hall–Kier alpha value is 0.0500. The standard InChI is InChI=1S/C17H28Cl2N6.3ClH/c1-21-17-22-15(19)14(18)16(23-17)25-10-8-24(9-11-25)7-6-12-2-4-13(20)5-3-12;;;/h12-13H,2-11,20H2,1H3,(H,21,22,23);3*1H. The number of hydrogen-bond donors (Lipinski definition) is 2. The van der Waals surface area contributed by atoms with Crippen LogP contribution in [0.15, 0.2) is 0 Å². The van der Waals surface area contributed by atoms with E-state index in [2.05, 4.69) is 25.1 Å². The van der Waals surface area contributed by atoms with Crippen molar-refractivity contribution in [2.75, 3.05) is 50.0 Å². The lowest BCUT2D eigenvalue weighted by Gasteiger charge is -2.37. The largest absolute Gasteiger partial charge is 0.357 e. The highest BCUT2D eigenvalue weighted by atomic mass is 35.5. The first kappa shape index (κ1) is 28.1. The van der Waals surface area contributed by atoms with Gasteiger partial charge in [-0.2, -0.15) is 9.97 Å². The fraction of sp³-hybridized carbons (Fsp3) is 0.765. The van der Waals surface area contributed by atoms with Gasteiger partial charge in [-0.25, -0.2) is 0 Å². The highest BCUT2D eigenvalue weighted by molar-refractivity contribution is 6.42. The van der Waals surface area contributed by atoms with Crippen LogP contribution in [0.2, 0.25) is 10.2 Å². The SMILES string of the molecule is CNc1nc(Cl)c(Cl)c(N2CCN(CCC3CCC(N)CC3)CC2)n1.Cl.Cl.Cl. The molecule has 1 aromatic rings. The Balaban J connectivity index is 0.00000243. The number of aromatic nitrogens is 2. The van der Waals surface area contributed by atoms with Gasteiger partial charge in [-0.15, -0.1) is 37.2 Å². The minimum absolute atomic E-state index is 0. The van der Waals surface area contributed by atoms with Gasteiger partial charge in [0.2, 0.25) is 5.95 Å². The zero-order valence-corrected chi connectivity index (χ0v) is 20.0. The Morgan fingerprint density at radius 2 is 1.61 bits per heavy atom. The molecule has 28 heavy (non-hydrogen) atoms. The van der Waals surface area contributed by atoms with E-state index in [0.29, 0.717) is 22.2 Å². The van der Waals surface area contributed by atoms with E-state index in [0.717, 1.165) is 37.9 Å². The molecule has 2 aliphatic rings. The summed E-state index contributed by atoms with van der Waals surface area (Å²) in [5.74, 6) is 2.08. The lowest BCUT2D eigenvalue weighted by molar-refractivity contribution is 0.216. The average Bonchev–Trinajstić information content (AvgIpc) is 2.64. The molecule has 2 heterocycles. The topological polar surface area (TPSA) is 70.3 Å². The number of nitrogens with zero attached hydrogens (tertiary/aromatic N) is 4. The van der Waals surface area contributed by atoms with E-state index in [9.17, 15) is 0 Å². The van der Waals surface area contributed by atoms with Crippen LogP contribution in [-0.2, 0) is 0 Å². The number of piperazine rings is 1. The van der Waals surface area contributed by atoms with Crippen LogP contribution in [0, 0.1) is 5.92 Å².